The molecule has 2 heterocycles. The van der Waals surface area contributed by atoms with E-state index < -0.39 is 11.8 Å². The second-order valence-electron chi connectivity index (χ2n) is 2.51. The minimum Gasteiger partial charge on any atom is -0.261 e. The molecule has 14 heavy (non-hydrogen) atoms. The largest absolute Gasteiger partial charge is 0.338 e. The lowest BCUT2D eigenvalue weighted by Gasteiger charge is -1.98. The van der Waals surface area contributed by atoms with Gasteiger partial charge < -0.3 is 0 Å². The number of hydrogen-bond donors (Lipinski definition) is 0. The molecule has 0 bridgehead atoms. The average Bonchev–Trinajstić information content (AvgIpc) is 2.87. The van der Waals surface area contributed by atoms with E-state index in [-0.39, 0.29) is 0 Å². The lowest BCUT2D eigenvalue weighted by Crippen LogP contribution is -2.27. The second-order valence-corrected chi connectivity index (χ2v) is 2.51. The van der Waals surface area contributed by atoms with Crippen LogP contribution in [0, 0.1) is 0 Å². The SMILES string of the molecule is O=C(C(=O)n1cccn1)n1cccn1. The number of carbonyl (C=O) groups excluding carboxylic acids is 2. The van der Waals surface area contributed by atoms with E-state index in [0.717, 1.165) is 9.36 Å². The first-order valence-electron chi connectivity index (χ1n) is 3.87. The van der Waals surface area contributed by atoms with Gasteiger partial charge in [-0.15, -0.1) is 0 Å². The Morgan fingerprint density at radius 1 is 0.857 bits per heavy atom. The van der Waals surface area contributed by atoms with Crippen molar-refractivity contribution in [1.82, 2.24) is 19.6 Å². The van der Waals surface area contributed by atoms with E-state index in [9.17, 15) is 9.59 Å². The van der Waals surface area contributed by atoms with Gasteiger partial charge >= 0.3 is 11.8 Å². The van der Waals surface area contributed by atoms with E-state index in [1.54, 1.807) is 12.1 Å². The Morgan fingerprint density at radius 2 is 1.29 bits per heavy atom. The molecule has 0 saturated heterocycles. The lowest BCUT2D eigenvalue weighted by atomic mass is 10.5. The molecule has 70 valence electrons. The van der Waals surface area contributed by atoms with Gasteiger partial charge in [-0.2, -0.15) is 19.6 Å². The molecule has 0 N–H and O–H groups in total. The average molecular weight is 190 g/mol. The van der Waals surface area contributed by atoms with E-state index in [4.69, 9.17) is 0 Å². The third-order valence-corrected chi connectivity index (χ3v) is 1.61. The molecule has 0 saturated carbocycles. The van der Waals surface area contributed by atoms with Gasteiger partial charge in [0.05, 0.1) is 0 Å². The minimum atomic E-state index is -0.737. The van der Waals surface area contributed by atoms with Crippen LogP contribution in [0.2, 0.25) is 0 Å². The molecule has 0 fully saturated rings. The van der Waals surface area contributed by atoms with Crippen LogP contribution < -0.4 is 0 Å². The van der Waals surface area contributed by atoms with Crippen molar-refractivity contribution >= 4 is 11.8 Å². The third kappa shape index (κ3) is 1.33. The summed E-state index contributed by atoms with van der Waals surface area (Å²) in [5.74, 6) is -1.47. The fourth-order valence-electron chi connectivity index (χ4n) is 0.974. The first kappa shape index (κ1) is 8.36. The molecule has 2 aromatic heterocycles. The van der Waals surface area contributed by atoms with Gasteiger partial charge in [-0.1, -0.05) is 0 Å². The number of aromatic nitrogens is 4. The molecule has 6 nitrogen and oxygen atoms in total. The maximum atomic E-state index is 11.4. The molecule has 0 aliphatic heterocycles. The molecule has 0 aliphatic rings. The Balaban J connectivity index is 2.26. The highest BCUT2D eigenvalue weighted by Crippen LogP contribution is 1.90. The lowest BCUT2D eigenvalue weighted by molar-refractivity contribution is 0.0697. The zero-order chi connectivity index (χ0) is 9.97. The zero-order valence-corrected chi connectivity index (χ0v) is 7.07. The molecule has 0 spiro atoms. The summed E-state index contributed by atoms with van der Waals surface area (Å²) < 4.78 is 1.92. The molecule has 0 atom stereocenters. The molecule has 0 unspecified atom stereocenters. The van der Waals surface area contributed by atoms with Crippen molar-refractivity contribution in [3.63, 3.8) is 0 Å². The highest BCUT2D eigenvalue weighted by Gasteiger charge is 2.18. The summed E-state index contributed by atoms with van der Waals surface area (Å²) in [6, 6.07) is 3.13. The summed E-state index contributed by atoms with van der Waals surface area (Å²) >= 11 is 0. The maximum absolute atomic E-state index is 11.4. The van der Waals surface area contributed by atoms with Crippen molar-refractivity contribution in [2.45, 2.75) is 0 Å². The van der Waals surface area contributed by atoms with E-state index in [2.05, 4.69) is 10.2 Å². The normalized spacial score (nSPS) is 10.0. The Bertz CT molecular complexity index is 399. The summed E-state index contributed by atoms with van der Waals surface area (Å²) in [4.78, 5) is 22.8. The van der Waals surface area contributed by atoms with Gasteiger partial charge in [0.25, 0.3) is 0 Å². The molecule has 6 heteroatoms. The fraction of sp³-hybridized carbons (Fsp3) is 0. The fourth-order valence-corrected chi connectivity index (χ4v) is 0.974. The molecule has 0 aromatic carbocycles. The maximum Gasteiger partial charge on any atom is 0.338 e. The molecular weight excluding hydrogens is 184 g/mol. The van der Waals surface area contributed by atoms with Crippen molar-refractivity contribution in [3.05, 3.63) is 36.9 Å². The van der Waals surface area contributed by atoms with Crippen molar-refractivity contribution in [2.75, 3.05) is 0 Å². The van der Waals surface area contributed by atoms with E-state index >= 15 is 0 Å². The van der Waals surface area contributed by atoms with Gasteiger partial charge in [-0.25, -0.2) is 0 Å². The molecule has 2 rings (SSSR count). The Hall–Kier alpha value is -2.24. The van der Waals surface area contributed by atoms with Gasteiger partial charge in [0.1, 0.15) is 0 Å². The van der Waals surface area contributed by atoms with Crippen molar-refractivity contribution in [1.29, 1.82) is 0 Å². The number of rotatable bonds is 0. The van der Waals surface area contributed by atoms with E-state index in [0.29, 0.717) is 0 Å². The zero-order valence-electron chi connectivity index (χ0n) is 7.07. The number of carbonyl (C=O) groups is 2. The summed E-state index contributed by atoms with van der Waals surface area (Å²) in [5.41, 5.74) is 0. The van der Waals surface area contributed by atoms with Gasteiger partial charge in [0.15, 0.2) is 0 Å². The molecule has 0 radical (unpaired) electrons. The minimum absolute atomic E-state index is 0.737. The number of nitrogens with zero attached hydrogens (tertiary/aromatic N) is 4. The van der Waals surface area contributed by atoms with Gasteiger partial charge in [0.2, 0.25) is 0 Å². The second kappa shape index (κ2) is 3.25. The van der Waals surface area contributed by atoms with Crippen LogP contribution in [0.25, 0.3) is 0 Å². The topological polar surface area (TPSA) is 69.8 Å². The van der Waals surface area contributed by atoms with Gasteiger partial charge in [-0.3, -0.25) is 9.59 Å². The van der Waals surface area contributed by atoms with Crippen LogP contribution in [-0.4, -0.2) is 31.4 Å². The first-order chi connectivity index (χ1) is 6.79. The summed E-state index contributed by atoms with van der Waals surface area (Å²) in [5, 5.41) is 7.30. The van der Waals surface area contributed by atoms with Crippen molar-refractivity contribution < 1.29 is 9.59 Å². The van der Waals surface area contributed by atoms with Crippen LogP contribution >= 0.6 is 0 Å². The number of hydrogen-bond acceptors (Lipinski definition) is 4. The molecule has 0 amide bonds. The van der Waals surface area contributed by atoms with Gasteiger partial charge in [-0.05, 0) is 12.1 Å². The van der Waals surface area contributed by atoms with Crippen LogP contribution in [0.4, 0.5) is 0 Å². The van der Waals surface area contributed by atoms with Crippen LogP contribution in [0.5, 0.6) is 0 Å². The van der Waals surface area contributed by atoms with Crippen LogP contribution in [-0.2, 0) is 0 Å². The molecule has 2 aromatic rings. The smallest absolute Gasteiger partial charge is 0.261 e. The van der Waals surface area contributed by atoms with Crippen molar-refractivity contribution in [3.8, 4) is 0 Å². The monoisotopic (exact) mass is 190 g/mol. The highest BCUT2D eigenvalue weighted by atomic mass is 16.2. The highest BCUT2D eigenvalue weighted by molar-refractivity contribution is 6.36. The van der Waals surface area contributed by atoms with E-state index in [1.165, 1.54) is 24.8 Å². The molecular formula is C8H6N4O2. The Kier molecular flexibility index (Phi) is 1.94. The first-order valence-corrected chi connectivity index (χ1v) is 3.87. The summed E-state index contributed by atoms with van der Waals surface area (Å²) in [7, 11) is 0. The molecule has 0 aliphatic carbocycles. The third-order valence-electron chi connectivity index (χ3n) is 1.61. The van der Waals surface area contributed by atoms with Crippen LogP contribution in [0.1, 0.15) is 9.59 Å². The Morgan fingerprint density at radius 3 is 1.57 bits per heavy atom. The summed E-state index contributed by atoms with van der Waals surface area (Å²) in [6.07, 6.45) is 5.66. The van der Waals surface area contributed by atoms with Crippen LogP contribution in [0.15, 0.2) is 36.9 Å². The predicted molar refractivity (Wildman–Crippen MR) is 45.7 cm³/mol. The van der Waals surface area contributed by atoms with Gasteiger partial charge in [0, 0.05) is 24.8 Å². The predicted octanol–water partition coefficient (Wildman–Crippen LogP) is 0.0602. The summed E-state index contributed by atoms with van der Waals surface area (Å²) in [6.45, 7) is 0. The standard InChI is InChI=1S/C8H6N4O2/c13-7(11-5-1-3-9-11)8(14)12-6-2-4-10-12/h1-6H. The Labute approximate surface area is 78.8 Å². The van der Waals surface area contributed by atoms with Crippen LogP contribution in [0.3, 0.4) is 0 Å². The van der Waals surface area contributed by atoms with E-state index in [1.807, 2.05) is 0 Å². The quantitative estimate of drug-likeness (QED) is 0.551. The van der Waals surface area contributed by atoms with Crippen molar-refractivity contribution in [2.24, 2.45) is 0 Å².